The Morgan fingerprint density at radius 3 is 2.56 bits per heavy atom. The van der Waals surface area contributed by atoms with E-state index < -0.39 is 0 Å². The molecule has 2 N–H and O–H groups in total. The van der Waals surface area contributed by atoms with E-state index in [1.165, 1.54) is 16.3 Å². The lowest BCUT2D eigenvalue weighted by atomic mass is 10.1. The standard InChI is InChI=1S/C16H22N2/c1-13(9-10-17)18(2)12-14-7-8-15-5-3-4-6-16(15)11-14/h3-8,11,13H,9-10,12,17H2,1-2H3. The molecule has 1 atom stereocenters. The normalized spacial score (nSPS) is 13.1. The first-order valence-corrected chi connectivity index (χ1v) is 6.58. The van der Waals surface area contributed by atoms with Crippen LogP contribution in [0.15, 0.2) is 42.5 Å². The maximum atomic E-state index is 5.61. The molecule has 2 aromatic carbocycles. The third-order valence-electron chi connectivity index (χ3n) is 3.58. The fourth-order valence-electron chi connectivity index (χ4n) is 2.24. The van der Waals surface area contributed by atoms with Gasteiger partial charge >= 0.3 is 0 Å². The van der Waals surface area contributed by atoms with E-state index in [9.17, 15) is 0 Å². The summed E-state index contributed by atoms with van der Waals surface area (Å²) in [5.41, 5.74) is 6.97. The molecule has 2 nitrogen and oxygen atoms in total. The first-order chi connectivity index (χ1) is 8.70. The van der Waals surface area contributed by atoms with Gasteiger partial charge in [-0.3, -0.25) is 4.90 Å². The van der Waals surface area contributed by atoms with Crippen LogP contribution in [0, 0.1) is 0 Å². The van der Waals surface area contributed by atoms with Gasteiger partial charge in [0, 0.05) is 12.6 Å². The van der Waals surface area contributed by atoms with Crippen LogP contribution in [0.1, 0.15) is 18.9 Å². The van der Waals surface area contributed by atoms with Crippen LogP contribution >= 0.6 is 0 Å². The van der Waals surface area contributed by atoms with E-state index in [2.05, 4.69) is 61.3 Å². The zero-order valence-corrected chi connectivity index (χ0v) is 11.3. The quantitative estimate of drug-likeness (QED) is 0.873. The number of benzene rings is 2. The summed E-state index contributed by atoms with van der Waals surface area (Å²) < 4.78 is 0. The highest BCUT2D eigenvalue weighted by Crippen LogP contribution is 2.17. The van der Waals surface area contributed by atoms with Crippen molar-refractivity contribution in [1.29, 1.82) is 0 Å². The molecule has 96 valence electrons. The second-order valence-electron chi connectivity index (χ2n) is 5.02. The fraction of sp³-hybridized carbons (Fsp3) is 0.375. The molecular formula is C16H22N2. The van der Waals surface area contributed by atoms with Gasteiger partial charge in [0.25, 0.3) is 0 Å². The minimum absolute atomic E-state index is 0.529. The van der Waals surface area contributed by atoms with Crippen LogP contribution in [0.4, 0.5) is 0 Å². The highest BCUT2D eigenvalue weighted by Gasteiger charge is 2.08. The van der Waals surface area contributed by atoms with Gasteiger partial charge in [0.2, 0.25) is 0 Å². The SMILES string of the molecule is CC(CCN)N(C)Cc1ccc2ccccc2c1. The van der Waals surface area contributed by atoms with Crippen LogP contribution in [0.2, 0.25) is 0 Å². The van der Waals surface area contributed by atoms with Crippen LogP contribution in [0.3, 0.4) is 0 Å². The van der Waals surface area contributed by atoms with Gasteiger partial charge in [0.05, 0.1) is 0 Å². The molecule has 2 heteroatoms. The summed E-state index contributed by atoms with van der Waals surface area (Å²) in [5, 5.41) is 2.62. The van der Waals surface area contributed by atoms with Gasteiger partial charge < -0.3 is 5.73 Å². The number of fused-ring (bicyclic) bond motifs is 1. The molecule has 2 rings (SSSR count). The van der Waals surface area contributed by atoms with Crippen molar-refractivity contribution in [2.75, 3.05) is 13.6 Å². The van der Waals surface area contributed by atoms with Crippen molar-refractivity contribution in [3.63, 3.8) is 0 Å². The summed E-state index contributed by atoms with van der Waals surface area (Å²) in [5.74, 6) is 0. The zero-order chi connectivity index (χ0) is 13.0. The second-order valence-corrected chi connectivity index (χ2v) is 5.02. The largest absolute Gasteiger partial charge is 0.330 e. The van der Waals surface area contributed by atoms with Gasteiger partial charge in [-0.15, -0.1) is 0 Å². The Kier molecular flexibility index (Phi) is 4.34. The van der Waals surface area contributed by atoms with E-state index in [4.69, 9.17) is 5.73 Å². The maximum absolute atomic E-state index is 5.61. The molecule has 0 aliphatic rings. The topological polar surface area (TPSA) is 29.3 Å². The van der Waals surface area contributed by atoms with E-state index in [1.54, 1.807) is 0 Å². The first-order valence-electron chi connectivity index (χ1n) is 6.58. The van der Waals surface area contributed by atoms with Crippen molar-refractivity contribution in [1.82, 2.24) is 4.90 Å². The van der Waals surface area contributed by atoms with Crippen molar-refractivity contribution < 1.29 is 0 Å². The summed E-state index contributed by atoms with van der Waals surface area (Å²) in [6.07, 6.45) is 1.05. The van der Waals surface area contributed by atoms with Crippen LogP contribution in [0.5, 0.6) is 0 Å². The molecule has 0 aliphatic heterocycles. The van der Waals surface area contributed by atoms with Crippen molar-refractivity contribution in [2.45, 2.75) is 25.9 Å². The molecule has 0 heterocycles. The Hall–Kier alpha value is -1.38. The fourth-order valence-corrected chi connectivity index (χ4v) is 2.24. The number of hydrogen-bond acceptors (Lipinski definition) is 2. The minimum Gasteiger partial charge on any atom is -0.330 e. The second kappa shape index (κ2) is 5.98. The van der Waals surface area contributed by atoms with E-state index in [1.807, 2.05) is 0 Å². The van der Waals surface area contributed by atoms with Crippen LogP contribution in [-0.4, -0.2) is 24.5 Å². The molecule has 0 saturated carbocycles. The summed E-state index contributed by atoms with van der Waals surface area (Å²) >= 11 is 0. The average molecular weight is 242 g/mol. The summed E-state index contributed by atoms with van der Waals surface area (Å²) in [7, 11) is 2.16. The molecular weight excluding hydrogens is 220 g/mol. The van der Waals surface area contributed by atoms with Crippen LogP contribution in [-0.2, 0) is 6.54 Å². The molecule has 0 amide bonds. The van der Waals surface area contributed by atoms with Crippen LogP contribution in [0.25, 0.3) is 10.8 Å². The van der Waals surface area contributed by atoms with E-state index >= 15 is 0 Å². The summed E-state index contributed by atoms with van der Waals surface area (Å²) in [4.78, 5) is 2.36. The lowest BCUT2D eigenvalue weighted by molar-refractivity contribution is 0.240. The van der Waals surface area contributed by atoms with Crippen molar-refractivity contribution in [2.24, 2.45) is 5.73 Å². The number of nitrogens with two attached hydrogens (primary N) is 1. The van der Waals surface area contributed by atoms with E-state index in [-0.39, 0.29) is 0 Å². The molecule has 0 fully saturated rings. The summed E-state index contributed by atoms with van der Waals surface area (Å²) in [6.45, 7) is 3.96. The van der Waals surface area contributed by atoms with Crippen LogP contribution < -0.4 is 5.73 Å². The molecule has 0 aromatic heterocycles. The first kappa shape index (κ1) is 13.1. The molecule has 18 heavy (non-hydrogen) atoms. The molecule has 1 unspecified atom stereocenters. The Balaban J connectivity index is 2.12. The highest BCUT2D eigenvalue weighted by atomic mass is 15.1. The van der Waals surface area contributed by atoms with Gasteiger partial charge in [-0.05, 0) is 49.3 Å². The predicted octanol–water partition coefficient (Wildman–Crippen LogP) is 3.01. The number of hydrogen-bond donors (Lipinski definition) is 1. The Bertz CT molecular complexity index is 507. The average Bonchev–Trinajstić information content (AvgIpc) is 2.39. The minimum atomic E-state index is 0.529. The number of nitrogens with zero attached hydrogens (tertiary/aromatic N) is 1. The van der Waals surface area contributed by atoms with Crippen molar-refractivity contribution >= 4 is 10.8 Å². The molecule has 0 bridgehead atoms. The Labute approximate surface area is 109 Å². The lowest BCUT2D eigenvalue weighted by Crippen LogP contribution is -2.30. The van der Waals surface area contributed by atoms with Gasteiger partial charge in [-0.1, -0.05) is 36.4 Å². The molecule has 0 spiro atoms. The third-order valence-corrected chi connectivity index (χ3v) is 3.58. The lowest BCUT2D eigenvalue weighted by Gasteiger charge is -2.24. The third kappa shape index (κ3) is 3.09. The van der Waals surface area contributed by atoms with Crippen molar-refractivity contribution in [3.8, 4) is 0 Å². The van der Waals surface area contributed by atoms with Gasteiger partial charge in [0.1, 0.15) is 0 Å². The van der Waals surface area contributed by atoms with Crippen molar-refractivity contribution in [3.05, 3.63) is 48.0 Å². The van der Waals surface area contributed by atoms with E-state index in [0.717, 1.165) is 19.5 Å². The van der Waals surface area contributed by atoms with Gasteiger partial charge in [-0.2, -0.15) is 0 Å². The molecule has 0 radical (unpaired) electrons. The Morgan fingerprint density at radius 2 is 1.83 bits per heavy atom. The monoisotopic (exact) mass is 242 g/mol. The van der Waals surface area contributed by atoms with Gasteiger partial charge in [-0.25, -0.2) is 0 Å². The maximum Gasteiger partial charge on any atom is 0.0233 e. The Morgan fingerprint density at radius 1 is 1.11 bits per heavy atom. The number of rotatable bonds is 5. The molecule has 0 aliphatic carbocycles. The molecule has 2 aromatic rings. The van der Waals surface area contributed by atoms with E-state index in [0.29, 0.717) is 6.04 Å². The summed E-state index contributed by atoms with van der Waals surface area (Å²) in [6, 6.07) is 15.7. The smallest absolute Gasteiger partial charge is 0.0233 e. The predicted molar refractivity (Wildman–Crippen MR) is 78.5 cm³/mol. The highest BCUT2D eigenvalue weighted by molar-refractivity contribution is 5.82. The zero-order valence-electron chi connectivity index (χ0n) is 11.3. The van der Waals surface area contributed by atoms with Gasteiger partial charge in [0.15, 0.2) is 0 Å². The molecule has 0 saturated heterocycles.